The summed E-state index contributed by atoms with van der Waals surface area (Å²) in [7, 11) is 1.62. The van der Waals surface area contributed by atoms with E-state index in [4.69, 9.17) is 0 Å². The normalized spacial score (nSPS) is 7.36. The van der Waals surface area contributed by atoms with Crippen LogP contribution in [0.3, 0.4) is 0 Å². The Kier molecular flexibility index (Phi) is 7.47. The number of carbonyl (C=O) groups excluding carboxylic acids is 1. The minimum atomic E-state index is 0.569. The van der Waals surface area contributed by atoms with Gasteiger partial charge in [0.1, 0.15) is 0 Å². The molecule has 0 aliphatic rings. The first kappa shape index (κ1) is 9.58. The predicted molar refractivity (Wildman–Crippen MR) is 42.5 cm³/mol. The second-order valence-corrected chi connectivity index (χ2v) is 1.54. The van der Waals surface area contributed by atoms with Gasteiger partial charge in [-0.05, 0) is 12.1 Å². The third-order valence-electron chi connectivity index (χ3n) is 0.770. The van der Waals surface area contributed by atoms with E-state index in [1.807, 2.05) is 18.2 Å². The predicted octanol–water partition coefficient (Wildman–Crippen LogP) is -0.0516. The van der Waals surface area contributed by atoms with Gasteiger partial charge in [-0.1, -0.05) is 6.07 Å². The van der Waals surface area contributed by atoms with Crippen molar-refractivity contribution in [2.45, 2.75) is 0 Å². The van der Waals surface area contributed by atoms with E-state index in [0.29, 0.717) is 6.41 Å². The van der Waals surface area contributed by atoms with Crippen LogP contribution in [0.4, 0.5) is 0 Å². The molecule has 60 valence electrons. The monoisotopic (exact) mass is 153 g/mol. The Labute approximate surface area is 65.6 Å². The first-order valence-electron chi connectivity index (χ1n) is 3.12. The second-order valence-electron chi connectivity index (χ2n) is 1.54. The molecule has 0 aliphatic carbocycles. The van der Waals surface area contributed by atoms with Crippen molar-refractivity contribution in [2.75, 3.05) is 7.05 Å². The van der Waals surface area contributed by atoms with Gasteiger partial charge >= 0.3 is 0 Å². The average Bonchev–Trinajstić information content (AvgIpc) is 2.10. The standard InChI is InChI=1S/C5H5N.C2H6N2O/c1-2-4-6-5-3-1;1-3-4-2-5/h1-5H;2-3H,1H3,(H,4,5). The molecule has 1 heterocycles. The summed E-state index contributed by atoms with van der Waals surface area (Å²) in [6.07, 6.45) is 4.07. The van der Waals surface area contributed by atoms with E-state index < -0.39 is 0 Å². The van der Waals surface area contributed by atoms with Crippen molar-refractivity contribution in [1.29, 1.82) is 0 Å². The Morgan fingerprint density at radius 2 is 1.91 bits per heavy atom. The summed E-state index contributed by atoms with van der Waals surface area (Å²) >= 11 is 0. The lowest BCUT2D eigenvalue weighted by molar-refractivity contribution is -0.110. The van der Waals surface area contributed by atoms with Gasteiger partial charge < -0.3 is 0 Å². The second kappa shape index (κ2) is 8.58. The molecule has 1 aromatic heterocycles. The van der Waals surface area contributed by atoms with Crippen LogP contribution < -0.4 is 10.9 Å². The topological polar surface area (TPSA) is 54.0 Å². The molecule has 0 aliphatic heterocycles. The highest BCUT2D eigenvalue weighted by atomic mass is 16.1. The molecule has 1 rings (SSSR count). The van der Waals surface area contributed by atoms with Crippen molar-refractivity contribution < 1.29 is 4.79 Å². The van der Waals surface area contributed by atoms with Crippen LogP contribution in [0.15, 0.2) is 30.6 Å². The van der Waals surface area contributed by atoms with Crippen LogP contribution in [0, 0.1) is 0 Å². The molecular formula is C7H11N3O. The summed E-state index contributed by atoms with van der Waals surface area (Å²) in [6.45, 7) is 0. The summed E-state index contributed by atoms with van der Waals surface area (Å²) in [4.78, 5) is 13.0. The van der Waals surface area contributed by atoms with Gasteiger partial charge in [0, 0.05) is 19.4 Å². The lowest BCUT2D eigenvalue weighted by Crippen LogP contribution is -2.24. The van der Waals surface area contributed by atoms with Crippen LogP contribution >= 0.6 is 0 Å². The molecule has 4 heteroatoms. The van der Waals surface area contributed by atoms with Gasteiger partial charge in [-0.25, -0.2) is 5.43 Å². The maximum atomic E-state index is 9.23. The number of rotatable bonds is 2. The minimum absolute atomic E-state index is 0.569. The first-order valence-corrected chi connectivity index (χ1v) is 3.12. The molecule has 11 heavy (non-hydrogen) atoms. The van der Waals surface area contributed by atoms with E-state index in [0.717, 1.165) is 0 Å². The van der Waals surface area contributed by atoms with E-state index >= 15 is 0 Å². The summed E-state index contributed by atoms with van der Waals surface area (Å²) in [5, 5.41) is 0. The van der Waals surface area contributed by atoms with E-state index in [1.54, 1.807) is 19.4 Å². The number of pyridine rings is 1. The van der Waals surface area contributed by atoms with Crippen LogP contribution in [0.1, 0.15) is 0 Å². The van der Waals surface area contributed by atoms with Crippen LogP contribution in [0.25, 0.3) is 0 Å². The van der Waals surface area contributed by atoms with Crippen molar-refractivity contribution >= 4 is 6.41 Å². The number of aromatic nitrogens is 1. The van der Waals surface area contributed by atoms with Crippen molar-refractivity contribution in [1.82, 2.24) is 15.8 Å². The van der Waals surface area contributed by atoms with Gasteiger partial charge in [-0.3, -0.25) is 15.2 Å². The molecule has 0 fully saturated rings. The maximum absolute atomic E-state index is 9.23. The van der Waals surface area contributed by atoms with Crippen molar-refractivity contribution in [3.05, 3.63) is 30.6 Å². The molecule has 0 aromatic carbocycles. The molecule has 0 saturated carbocycles. The summed E-state index contributed by atoms with van der Waals surface area (Å²) in [5.41, 5.74) is 4.58. The largest absolute Gasteiger partial charge is 0.294 e. The third-order valence-corrected chi connectivity index (χ3v) is 0.770. The average molecular weight is 153 g/mol. The van der Waals surface area contributed by atoms with Gasteiger partial charge in [-0.15, -0.1) is 0 Å². The van der Waals surface area contributed by atoms with Gasteiger partial charge in [0.05, 0.1) is 0 Å². The SMILES string of the molecule is CNNC=O.c1ccncc1. The number of hydrogen-bond donors (Lipinski definition) is 2. The lowest BCUT2D eigenvalue weighted by atomic mass is 10.5. The molecule has 4 nitrogen and oxygen atoms in total. The number of hydrazine groups is 1. The summed E-state index contributed by atoms with van der Waals surface area (Å²) in [6, 6.07) is 5.72. The molecule has 0 unspecified atom stereocenters. The van der Waals surface area contributed by atoms with Crippen LogP contribution in [-0.2, 0) is 4.79 Å². The smallest absolute Gasteiger partial charge is 0.221 e. The van der Waals surface area contributed by atoms with E-state index in [2.05, 4.69) is 15.8 Å². The molecular weight excluding hydrogens is 142 g/mol. The Morgan fingerprint density at radius 1 is 1.27 bits per heavy atom. The number of hydrogen-bond acceptors (Lipinski definition) is 3. The fraction of sp³-hybridized carbons (Fsp3) is 0.143. The Bertz CT molecular complexity index is 140. The third kappa shape index (κ3) is 8.58. The van der Waals surface area contributed by atoms with Crippen LogP contribution in [0.2, 0.25) is 0 Å². The van der Waals surface area contributed by atoms with Gasteiger partial charge in [0.15, 0.2) is 0 Å². The highest BCUT2D eigenvalue weighted by Crippen LogP contribution is 1.73. The molecule has 0 radical (unpaired) electrons. The highest BCUT2D eigenvalue weighted by molar-refractivity contribution is 5.44. The fourth-order valence-electron chi connectivity index (χ4n) is 0.372. The number of amides is 1. The Balaban J connectivity index is 0.000000187. The van der Waals surface area contributed by atoms with E-state index in [1.165, 1.54) is 0 Å². The zero-order valence-electron chi connectivity index (χ0n) is 6.32. The van der Waals surface area contributed by atoms with Crippen molar-refractivity contribution in [3.63, 3.8) is 0 Å². The molecule has 1 aromatic rings. The zero-order valence-corrected chi connectivity index (χ0v) is 6.32. The summed E-state index contributed by atoms with van der Waals surface area (Å²) in [5.74, 6) is 0. The van der Waals surface area contributed by atoms with Crippen LogP contribution in [-0.4, -0.2) is 18.4 Å². The van der Waals surface area contributed by atoms with Crippen molar-refractivity contribution in [3.8, 4) is 0 Å². The molecule has 0 bridgehead atoms. The first-order chi connectivity index (χ1) is 5.41. The van der Waals surface area contributed by atoms with Crippen LogP contribution in [0.5, 0.6) is 0 Å². The number of nitrogens with zero attached hydrogens (tertiary/aromatic N) is 1. The van der Waals surface area contributed by atoms with Gasteiger partial charge in [0.25, 0.3) is 0 Å². The highest BCUT2D eigenvalue weighted by Gasteiger charge is 1.58. The lowest BCUT2D eigenvalue weighted by Gasteiger charge is -1.83. The summed E-state index contributed by atoms with van der Waals surface area (Å²) < 4.78 is 0. The quantitative estimate of drug-likeness (QED) is 0.462. The Hall–Kier alpha value is -1.42. The van der Waals surface area contributed by atoms with E-state index in [9.17, 15) is 4.79 Å². The molecule has 2 N–H and O–H groups in total. The zero-order chi connectivity index (χ0) is 8.36. The van der Waals surface area contributed by atoms with Crippen molar-refractivity contribution in [2.24, 2.45) is 0 Å². The molecule has 1 amide bonds. The molecule has 0 atom stereocenters. The van der Waals surface area contributed by atoms with Gasteiger partial charge in [-0.2, -0.15) is 0 Å². The fourth-order valence-corrected chi connectivity index (χ4v) is 0.372. The van der Waals surface area contributed by atoms with E-state index in [-0.39, 0.29) is 0 Å². The minimum Gasteiger partial charge on any atom is -0.294 e. The number of carbonyl (C=O) groups is 1. The Morgan fingerprint density at radius 3 is 2.00 bits per heavy atom. The molecule has 0 saturated heterocycles. The van der Waals surface area contributed by atoms with Gasteiger partial charge in [0.2, 0.25) is 6.41 Å². The molecule has 0 spiro atoms. The maximum Gasteiger partial charge on any atom is 0.221 e. The number of nitrogens with one attached hydrogen (secondary N) is 2.